The third-order valence-electron chi connectivity index (χ3n) is 4.83. The van der Waals surface area contributed by atoms with Crippen LogP contribution in [0.3, 0.4) is 0 Å². The second-order valence-electron chi connectivity index (χ2n) is 6.46. The molecule has 0 saturated heterocycles. The molecule has 0 unspecified atom stereocenters. The topological polar surface area (TPSA) is 76.7 Å². The van der Waals surface area contributed by atoms with Crippen molar-refractivity contribution in [2.75, 3.05) is 5.32 Å². The molecule has 1 saturated carbocycles. The Hall–Kier alpha value is -2.80. The second-order valence-corrected chi connectivity index (χ2v) is 7.35. The fourth-order valence-corrected chi connectivity index (χ4v) is 3.96. The molecule has 26 heavy (non-hydrogen) atoms. The molecule has 0 amide bonds. The van der Waals surface area contributed by atoms with Gasteiger partial charge in [0.05, 0.1) is 11.1 Å². The summed E-state index contributed by atoms with van der Waals surface area (Å²) in [6, 6.07) is 7.80. The van der Waals surface area contributed by atoms with Crippen LogP contribution in [-0.2, 0) is 6.54 Å². The molecular weight excluding hydrogens is 346 g/mol. The van der Waals surface area contributed by atoms with Crippen LogP contribution in [0.1, 0.15) is 36.4 Å². The number of anilines is 1. The molecule has 0 spiro atoms. The Bertz CT molecular complexity index is 1040. The zero-order valence-corrected chi connectivity index (χ0v) is 14.9. The maximum Gasteiger partial charge on any atom is 0.181 e. The zero-order chi connectivity index (χ0) is 17.3. The van der Waals surface area contributed by atoms with Crippen LogP contribution in [0, 0.1) is 0 Å². The average molecular weight is 363 g/mol. The van der Waals surface area contributed by atoms with Gasteiger partial charge in [0, 0.05) is 24.2 Å². The molecule has 0 bridgehead atoms. The minimum absolute atomic E-state index is 0.543. The number of fused-ring (bicyclic) bond motifs is 1. The lowest BCUT2D eigenvalue weighted by molar-refractivity contribution is 0.363. The quantitative estimate of drug-likeness (QED) is 0.557. The van der Waals surface area contributed by atoms with Crippen molar-refractivity contribution in [3.63, 3.8) is 0 Å². The Morgan fingerprint density at radius 2 is 2.15 bits per heavy atom. The number of aromatic nitrogens is 4. The number of pyridine rings is 1. The number of hydrogen-bond acceptors (Lipinski definition) is 7. The molecular formula is C19H17N5OS. The Labute approximate surface area is 154 Å². The summed E-state index contributed by atoms with van der Waals surface area (Å²) in [5, 5.41) is 10.7. The third kappa shape index (κ3) is 2.74. The van der Waals surface area contributed by atoms with Crippen molar-refractivity contribution in [2.45, 2.75) is 31.7 Å². The SMILES string of the molecule is c1ccc(-c2nc(NCc3conc3C3CCC3)c3ccsc3n2)nc1. The molecule has 4 heterocycles. The predicted octanol–water partition coefficient (Wildman–Crippen LogP) is 4.62. The molecule has 4 aromatic rings. The highest BCUT2D eigenvalue weighted by atomic mass is 32.1. The first-order valence-electron chi connectivity index (χ1n) is 8.72. The van der Waals surface area contributed by atoms with Crippen LogP contribution in [0.15, 0.2) is 46.6 Å². The van der Waals surface area contributed by atoms with Crippen molar-refractivity contribution >= 4 is 27.4 Å². The summed E-state index contributed by atoms with van der Waals surface area (Å²) in [5.74, 6) is 1.99. The molecule has 1 N–H and O–H groups in total. The van der Waals surface area contributed by atoms with Crippen LogP contribution in [0.25, 0.3) is 21.7 Å². The van der Waals surface area contributed by atoms with E-state index in [4.69, 9.17) is 9.51 Å². The van der Waals surface area contributed by atoms with Crippen molar-refractivity contribution < 1.29 is 4.52 Å². The summed E-state index contributed by atoms with van der Waals surface area (Å²) >= 11 is 1.60. The summed E-state index contributed by atoms with van der Waals surface area (Å²) in [6.07, 6.45) is 7.18. The van der Waals surface area contributed by atoms with E-state index in [0.29, 0.717) is 18.3 Å². The normalized spacial score (nSPS) is 14.5. The molecule has 4 aromatic heterocycles. The lowest BCUT2D eigenvalue weighted by Crippen LogP contribution is -2.13. The molecule has 0 aromatic carbocycles. The monoisotopic (exact) mass is 363 g/mol. The van der Waals surface area contributed by atoms with E-state index in [0.717, 1.165) is 33.0 Å². The summed E-state index contributed by atoms with van der Waals surface area (Å²) in [5.41, 5.74) is 2.96. The molecule has 130 valence electrons. The lowest BCUT2D eigenvalue weighted by atomic mass is 9.81. The minimum atomic E-state index is 0.543. The highest BCUT2D eigenvalue weighted by Gasteiger charge is 2.25. The number of hydrogen-bond donors (Lipinski definition) is 1. The zero-order valence-electron chi connectivity index (χ0n) is 14.1. The molecule has 6 nitrogen and oxygen atoms in total. The van der Waals surface area contributed by atoms with Crippen LogP contribution >= 0.6 is 11.3 Å². The van der Waals surface area contributed by atoms with Gasteiger partial charge in [-0.1, -0.05) is 17.6 Å². The van der Waals surface area contributed by atoms with Gasteiger partial charge in [0.15, 0.2) is 5.82 Å². The molecule has 0 aliphatic heterocycles. The lowest BCUT2D eigenvalue weighted by Gasteiger charge is -2.23. The Morgan fingerprint density at radius 1 is 1.19 bits per heavy atom. The van der Waals surface area contributed by atoms with Gasteiger partial charge in [-0.05, 0) is 36.4 Å². The van der Waals surface area contributed by atoms with Gasteiger partial charge in [-0.2, -0.15) is 0 Å². The summed E-state index contributed by atoms with van der Waals surface area (Å²) in [7, 11) is 0. The summed E-state index contributed by atoms with van der Waals surface area (Å²) in [6.45, 7) is 0.638. The van der Waals surface area contributed by atoms with E-state index in [1.807, 2.05) is 29.6 Å². The largest absolute Gasteiger partial charge is 0.365 e. The molecule has 0 radical (unpaired) electrons. The van der Waals surface area contributed by atoms with Crippen LogP contribution in [0.2, 0.25) is 0 Å². The van der Waals surface area contributed by atoms with Gasteiger partial charge in [0.1, 0.15) is 22.6 Å². The first-order valence-corrected chi connectivity index (χ1v) is 9.60. The van der Waals surface area contributed by atoms with Crippen molar-refractivity contribution in [2.24, 2.45) is 0 Å². The molecule has 1 fully saturated rings. The highest BCUT2D eigenvalue weighted by molar-refractivity contribution is 7.16. The smallest absolute Gasteiger partial charge is 0.181 e. The van der Waals surface area contributed by atoms with E-state index in [2.05, 4.69) is 20.4 Å². The second kappa shape index (κ2) is 6.49. The van der Waals surface area contributed by atoms with Gasteiger partial charge in [0.25, 0.3) is 0 Å². The van der Waals surface area contributed by atoms with Gasteiger partial charge in [-0.15, -0.1) is 11.3 Å². The van der Waals surface area contributed by atoms with Crippen LogP contribution in [-0.4, -0.2) is 20.1 Å². The third-order valence-corrected chi connectivity index (χ3v) is 5.64. The van der Waals surface area contributed by atoms with Gasteiger partial charge in [0.2, 0.25) is 0 Å². The van der Waals surface area contributed by atoms with E-state index in [9.17, 15) is 0 Å². The van der Waals surface area contributed by atoms with E-state index in [-0.39, 0.29) is 0 Å². The van der Waals surface area contributed by atoms with Crippen molar-refractivity contribution in [3.8, 4) is 11.5 Å². The van der Waals surface area contributed by atoms with E-state index < -0.39 is 0 Å². The Balaban J connectivity index is 1.47. The summed E-state index contributed by atoms with van der Waals surface area (Å²) < 4.78 is 5.23. The van der Waals surface area contributed by atoms with Crippen molar-refractivity contribution in [3.05, 3.63) is 53.4 Å². The maximum absolute atomic E-state index is 5.23. The molecule has 1 aliphatic rings. The minimum Gasteiger partial charge on any atom is -0.365 e. The van der Waals surface area contributed by atoms with Gasteiger partial charge >= 0.3 is 0 Å². The van der Waals surface area contributed by atoms with E-state index in [1.54, 1.807) is 23.8 Å². The summed E-state index contributed by atoms with van der Waals surface area (Å²) in [4.78, 5) is 14.7. The number of thiophene rings is 1. The number of nitrogens with zero attached hydrogens (tertiary/aromatic N) is 4. The fourth-order valence-electron chi connectivity index (χ4n) is 3.20. The Kier molecular flexibility index (Phi) is 3.86. The van der Waals surface area contributed by atoms with Crippen LogP contribution < -0.4 is 5.32 Å². The number of rotatable bonds is 5. The first kappa shape index (κ1) is 15.5. The maximum atomic E-state index is 5.23. The molecule has 0 atom stereocenters. The molecule has 1 aliphatic carbocycles. The average Bonchev–Trinajstić information content (AvgIpc) is 3.28. The van der Waals surface area contributed by atoms with E-state index in [1.165, 1.54) is 19.3 Å². The van der Waals surface area contributed by atoms with Crippen molar-refractivity contribution in [1.82, 2.24) is 20.1 Å². The van der Waals surface area contributed by atoms with Crippen LogP contribution in [0.4, 0.5) is 5.82 Å². The van der Waals surface area contributed by atoms with Gasteiger partial charge in [-0.3, -0.25) is 4.98 Å². The highest BCUT2D eigenvalue weighted by Crippen LogP contribution is 2.37. The molecule has 5 rings (SSSR count). The first-order chi connectivity index (χ1) is 12.9. The fraction of sp³-hybridized carbons (Fsp3) is 0.263. The molecule has 7 heteroatoms. The van der Waals surface area contributed by atoms with Crippen LogP contribution in [0.5, 0.6) is 0 Å². The Morgan fingerprint density at radius 3 is 2.96 bits per heavy atom. The van der Waals surface area contributed by atoms with E-state index >= 15 is 0 Å². The number of nitrogens with one attached hydrogen (secondary N) is 1. The van der Waals surface area contributed by atoms with Crippen molar-refractivity contribution in [1.29, 1.82) is 0 Å². The van der Waals surface area contributed by atoms with Gasteiger partial charge < -0.3 is 9.84 Å². The standard InChI is InChI=1S/C19H17N5OS/c1-2-8-20-15(6-1)18-22-17(14-7-9-26-19(14)23-18)21-10-13-11-25-24-16(13)12-4-3-5-12/h1-2,6-9,11-12H,3-5,10H2,(H,21,22,23). The van der Waals surface area contributed by atoms with Gasteiger partial charge in [-0.25, -0.2) is 9.97 Å². The predicted molar refractivity (Wildman–Crippen MR) is 101 cm³/mol.